The molecule has 0 atom stereocenters. The topological polar surface area (TPSA) is 46.5 Å². The second-order valence-electron chi connectivity index (χ2n) is 3.99. The third-order valence-corrected chi connectivity index (χ3v) is 2.07. The highest BCUT2D eigenvalue weighted by molar-refractivity contribution is 5.97. The van der Waals surface area contributed by atoms with E-state index < -0.39 is 5.60 Å². The molecule has 0 aliphatic heterocycles. The summed E-state index contributed by atoms with van der Waals surface area (Å²) in [4.78, 5) is 11.2. The van der Waals surface area contributed by atoms with Crippen LogP contribution < -0.4 is 4.74 Å². The van der Waals surface area contributed by atoms with Crippen molar-refractivity contribution in [1.29, 1.82) is 0 Å². The van der Waals surface area contributed by atoms with Crippen LogP contribution in [0.15, 0.2) is 18.2 Å². The number of Topliss-reactive ketones (excluding diaryl/α,β-unsaturated/α-hetero) is 1. The lowest BCUT2D eigenvalue weighted by Gasteiger charge is -2.20. The van der Waals surface area contributed by atoms with Gasteiger partial charge in [0.15, 0.2) is 11.4 Å². The van der Waals surface area contributed by atoms with E-state index in [9.17, 15) is 9.90 Å². The third-order valence-electron chi connectivity index (χ3n) is 2.07. The van der Waals surface area contributed by atoms with Crippen LogP contribution in [0, 0.1) is 12.3 Å². The Morgan fingerprint density at radius 1 is 1.50 bits per heavy atom. The Kier molecular flexibility index (Phi) is 3.24. The molecule has 0 aliphatic rings. The summed E-state index contributed by atoms with van der Waals surface area (Å²) in [5.41, 5.74) is -0.518. The predicted molar refractivity (Wildman–Crippen MR) is 61.7 cm³/mol. The van der Waals surface area contributed by atoms with Gasteiger partial charge >= 0.3 is 0 Å². The van der Waals surface area contributed by atoms with Gasteiger partial charge in [0.05, 0.1) is 5.56 Å². The first kappa shape index (κ1) is 12.1. The summed E-state index contributed by atoms with van der Waals surface area (Å²) in [5, 5.41) is 9.44. The first-order chi connectivity index (χ1) is 7.35. The molecular formula is C13H14O3. The van der Waals surface area contributed by atoms with Gasteiger partial charge in [-0.05, 0) is 39.0 Å². The van der Waals surface area contributed by atoms with Gasteiger partial charge in [-0.15, -0.1) is 6.42 Å². The fourth-order valence-corrected chi connectivity index (χ4v) is 1.18. The van der Waals surface area contributed by atoms with E-state index in [0.29, 0.717) is 5.75 Å². The smallest absolute Gasteiger partial charge is 0.163 e. The summed E-state index contributed by atoms with van der Waals surface area (Å²) in [6.07, 6.45) is 5.29. The number of rotatable bonds is 3. The molecular weight excluding hydrogens is 204 g/mol. The number of aromatic hydroxyl groups is 1. The largest absolute Gasteiger partial charge is 0.507 e. The molecule has 0 saturated heterocycles. The van der Waals surface area contributed by atoms with Crippen LogP contribution in [0.5, 0.6) is 11.5 Å². The average molecular weight is 218 g/mol. The Hall–Kier alpha value is -1.95. The zero-order chi connectivity index (χ0) is 12.3. The van der Waals surface area contributed by atoms with Crippen molar-refractivity contribution in [2.24, 2.45) is 0 Å². The van der Waals surface area contributed by atoms with Crippen LogP contribution in [0.2, 0.25) is 0 Å². The molecule has 3 nitrogen and oxygen atoms in total. The van der Waals surface area contributed by atoms with Crippen LogP contribution in [0.1, 0.15) is 31.1 Å². The van der Waals surface area contributed by atoms with Crippen LogP contribution in [-0.4, -0.2) is 16.5 Å². The molecule has 1 aromatic rings. The van der Waals surface area contributed by atoms with Gasteiger partial charge in [0.25, 0.3) is 0 Å². The lowest BCUT2D eigenvalue weighted by Crippen LogP contribution is -2.25. The monoisotopic (exact) mass is 218 g/mol. The molecule has 0 spiro atoms. The van der Waals surface area contributed by atoms with Crippen molar-refractivity contribution in [3.8, 4) is 23.8 Å². The normalized spacial score (nSPS) is 10.6. The van der Waals surface area contributed by atoms with Crippen LogP contribution in [0.4, 0.5) is 0 Å². The third kappa shape index (κ3) is 2.77. The molecule has 0 heterocycles. The van der Waals surface area contributed by atoms with Crippen LogP contribution in [-0.2, 0) is 0 Å². The zero-order valence-electron chi connectivity index (χ0n) is 9.57. The fourth-order valence-electron chi connectivity index (χ4n) is 1.18. The van der Waals surface area contributed by atoms with E-state index in [1.54, 1.807) is 19.9 Å². The molecule has 0 bridgehead atoms. The van der Waals surface area contributed by atoms with Gasteiger partial charge in [0.1, 0.15) is 11.5 Å². The van der Waals surface area contributed by atoms with E-state index in [0.717, 1.165) is 0 Å². The molecule has 1 N–H and O–H groups in total. The second kappa shape index (κ2) is 4.28. The molecule has 16 heavy (non-hydrogen) atoms. The van der Waals surface area contributed by atoms with E-state index in [1.165, 1.54) is 19.1 Å². The van der Waals surface area contributed by atoms with Crippen molar-refractivity contribution in [2.45, 2.75) is 26.4 Å². The maximum atomic E-state index is 11.2. The Bertz CT molecular complexity index is 453. The zero-order valence-corrected chi connectivity index (χ0v) is 9.57. The highest BCUT2D eigenvalue weighted by Crippen LogP contribution is 2.25. The van der Waals surface area contributed by atoms with E-state index in [1.807, 2.05) is 0 Å². The number of hydrogen-bond acceptors (Lipinski definition) is 3. The fraction of sp³-hybridized carbons (Fsp3) is 0.308. The summed E-state index contributed by atoms with van der Waals surface area (Å²) >= 11 is 0. The minimum absolute atomic E-state index is 0.0571. The number of ketones is 1. The van der Waals surface area contributed by atoms with Crippen LogP contribution in [0.25, 0.3) is 0 Å². The molecule has 0 saturated carbocycles. The molecule has 0 amide bonds. The van der Waals surface area contributed by atoms with Crippen molar-refractivity contribution in [3.05, 3.63) is 23.8 Å². The molecule has 0 radical (unpaired) electrons. The molecule has 1 aromatic carbocycles. The first-order valence-corrected chi connectivity index (χ1v) is 4.86. The molecule has 84 valence electrons. The summed E-state index contributed by atoms with van der Waals surface area (Å²) in [5.74, 6) is 2.67. The standard InChI is InChI=1S/C13H14O3/c1-5-13(3,4)16-10-6-7-12(15)11(8-10)9(2)14/h1,6-8,15H,2-4H3. The van der Waals surface area contributed by atoms with Crippen molar-refractivity contribution < 1.29 is 14.6 Å². The number of ether oxygens (including phenoxy) is 1. The van der Waals surface area contributed by atoms with E-state index >= 15 is 0 Å². The number of benzene rings is 1. The maximum absolute atomic E-state index is 11.2. The number of carbonyl (C=O) groups excluding carboxylic acids is 1. The van der Waals surface area contributed by atoms with Crippen molar-refractivity contribution in [2.75, 3.05) is 0 Å². The number of phenolic OH excluding ortho intramolecular Hbond substituents is 1. The predicted octanol–water partition coefficient (Wildman–Crippen LogP) is 2.39. The Morgan fingerprint density at radius 2 is 2.12 bits per heavy atom. The highest BCUT2D eigenvalue weighted by Gasteiger charge is 2.17. The van der Waals surface area contributed by atoms with Gasteiger partial charge in [-0.2, -0.15) is 0 Å². The molecule has 3 heteroatoms. The molecule has 0 fully saturated rings. The Labute approximate surface area is 95.1 Å². The van der Waals surface area contributed by atoms with Gasteiger partial charge in [-0.25, -0.2) is 0 Å². The molecule has 0 unspecified atom stereocenters. The highest BCUT2D eigenvalue weighted by atomic mass is 16.5. The van der Waals surface area contributed by atoms with Crippen LogP contribution in [0.3, 0.4) is 0 Å². The lowest BCUT2D eigenvalue weighted by molar-refractivity contribution is 0.101. The second-order valence-corrected chi connectivity index (χ2v) is 3.99. The number of hydrogen-bond donors (Lipinski definition) is 1. The van der Waals surface area contributed by atoms with Crippen molar-refractivity contribution in [1.82, 2.24) is 0 Å². The van der Waals surface area contributed by atoms with Crippen molar-refractivity contribution >= 4 is 5.78 Å². The minimum Gasteiger partial charge on any atom is -0.507 e. The SMILES string of the molecule is C#CC(C)(C)Oc1ccc(O)c(C(C)=O)c1. The summed E-state index contributed by atoms with van der Waals surface area (Å²) in [6, 6.07) is 4.47. The van der Waals surface area contributed by atoms with E-state index in [2.05, 4.69) is 5.92 Å². The van der Waals surface area contributed by atoms with Gasteiger partial charge in [-0.1, -0.05) is 5.92 Å². The number of phenols is 1. The average Bonchev–Trinajstić information content (AvgIpc) is 2.20. The van der Waals surface area contributed by atoms with Gasteiger partial charge < -0.3 is 9.84 Å². The quantitative estimate of drug-likeness (QED) is 0.626. The first-order valence-electron chi connectivity index (χ1n) is 4.86. The maximum Gasteiger partial charge on any atom is 0.163 e. The van der Waals surface area contributed by atoms with Crippen molar-refractivity contribution in [3.63, 3.8) is 0 Å². The van der Waals surface area contributed by atoms with Gasteiger partial charge in [-0.3, -0.25) is 4.79 Å². The molecule has 1 rings (SSSR count). The summed E-state index contributed by atoms with van der Waals surface area (Å²) < 4.78 is 5.50. The number of carbonyl (C=O) groups is 1. The molecule has 0 aliphatic carbocycles. The molecule has 0 aromatic heterocycles. The van der Waals surface area contributed by atoms with Crippen LogP contribution >= 0.6 is 0 Å². The summed E-state index contributed by atoms with van der Waals surface area (Å²) in [6.45, 7) is 4.87. The number of terminal acetylenes is 1. The van der Waals surface area contributed by atoms with E-state index in [-0.39, 0.29) is 17.1 Å². The van der Waals surface area contributed by atoms with E-state index in [4.69, 9.17) is 11.2 Å². The Balaban J connectivity index is 3.06. The lowest BCUT2D eigenvalue weighted by atomic mass is 10.1. The van der Waals surface area contributed by atoms with Gasteiger partial charge in [0, 0.05) is 0 Å². The Morgan fingerprint density at radius 3 is 2.62 bits per heavy atom. The minimum atomic E-state index is -0.745. The summed E-state index contributed by atoms with van der Waals surface area (Å²) in [7, 11) is 0. The van der Waals surface area contributed by atoms with Gasteiger partial charge in [0.2, 0.25) is 0 Å².